The molecule has 3 rings (SSSR count). The smallest absolute Gasteiger partial charge is 0.423 e. The van der Waals surface area contributed by atoms with Crippen LogP contribution < -0.4 is 5.46 Å². The predicted molar refractivity (Wildman–Crippen MR) is 76.3 cm³/mol. The fourth-order valence-electron chi connectivity index (χ4n) is 2.21. The van der Waals surface area contributed by atoms with Gasteiger partial charge in [0.25, 0.3) is 4.39 Å². The Hall–Kier alpha value is -1.34. The molecule has 0 fully saturated rings. The molecule has 2 aromatic carbocycles. The van der Waals surface area contributed by atoms with Gasteiger partial charge in [0.15, 0.2) is 0 Å². The van der Waals surface area contributed by atoms with Crippen molar-refractivity contribution in [1.29, 1.82) is 0 Å². The van der Waals surface area contributed by atoms with E-state index >= 15 is 0 Å². The van der Waals surface area contributed by atoms with E-state index in [9.17, 15) is 13.4 Å². The molecule has 20 heavy (non-hydrogen) atoms. The lowest BCUT2D eigenvalue weighted by molar-refractivity contribution is 0.219. The van der Waals surface area contributed by atoms with E-state index in [0.717, 1.165) is 0 Å². The zero-order valence-corrected chi connectivity index (χ0v) is 11.8. The molecule has 0 amide bonds. The molecule has 0 saturated heterocycles. The molecule has 1 unspecified atom stereocenters. The van der Waals surface area contributed by atoms with Gasteiger partial charge in [-0.1, -0.05) is 54.1 Å². The zero-order chi connectivity index (χ0) is 14.4. The van der Waals surface area contributed by atoms with Gasteiger partial charge < -0.3 is 9.68 Å². The van der Waals surface area contributed by atoms with Crippen molar-refractivity contribution in [1.82, 2.24) is 0 Å². The van der Waals surface area contributed by atoms with Gasteiger partial charge in [0.1, 0.15) is 0 Å². The fraction of sp³-hybridized carbons (Fsp3) is 0.0769. The van der Waals surface area contributed by atoms with Crippen LogP contribution in [0.5, 0.6) is 0 Å². The van der Waals surface area contributed by atoms with Crippen molar-refractivity contribution in [3.05, 3.63) is 60.2 Å². The zero-order valence-electron chi connectivity index (χ0n) is 10.2. The normalized spacial score (nSPS) is 21.8. The molecule has 1 heterocycles. The minimum Gasteiger partial charge on any atom is -0.423 e. The van der Waals surface area contributed by atoms with E-state index in [0.29, 0.717) is 5.46 Å². The van der Waals surface area contributed by atoms with Crippen LogP contribution in [0.3, 0.4) is 0 Å². The first kappa shape index (κ1) is 13.6. The van der Waals surface area contributed by atoms with Crippen LogP contribution in [-0.2, 0) is 18.9 Å². The maximum atomic E-state index is 12.7. The summed E-state index contributed by atoms with van der Waals surface area (Å²) in [5, 5.41) is 9.86. The topological polar surface area (TPSA) is 63.6 Å². The van der Waals surface area contributed by atoms with Crippen molar-refractivity contribution in [3.8, 4) is 0 Å². The first-order chi connectivity index (χ1) is 9.47. The summed E-state index contributed by atoms with van der Waals surface area (Å²) in [6.45, 7) is 0. The van der Waals surface area contributed by atoms with Gasteiger partial charge in [-0.15, -0.1) is 0 Å². The molecular weight excluding hydrogens is 298 g/mol. The molecule has 0 aromatic heterocycles. The second-order valence-corrected chi connectivity index (χ2v) is 7.22. The summed E-state index contributed by atoms with van der Waals surface area (Å²) in [5.74, 6) is 0. The summed E-state index contributed by atoms with van der Waals surface area (Å²) in [6.07, 6.45) is 0. The molecule has 1 N–H and O–H groups in total. The SMILES string of the molecule is O=S(=O)(c1ccccc1)C1(Cl)OB(O)c2ccccc21. The van der Waals surface area contributed by atoms with Gasteiger partial charge in [-0.25, -0.2) is 8.42 Å². The lowest BCUT2D eigenvalue weighted by atomic mass is 9.80. The maximum Gasteiger partial charge on any atom is 0.493 e. The number of hydrogen-bond donors (Lipinski definition) is 1. The Morgan fingerprint density at radius 3 is 2.35 bits per heavy atom. The molecule has 0 saturated carbocycles. The van der Waals surface area contributed by atoms with Crippen LogP contribution in [0.15, 0.2) is 59.5 Å². The highest BCUT2D eigenvalue weighted by Gasteiger charge is 2.55. The van der Waals surface area contributed by atoms with Gasteiger partial charge in [0.2, 0.25) is 9.84 Å². The first-order valence-corrected chi connectivity index (χ1v) is 7.77. The Morgan fingerprint density at radius 2 is 1.65 bits per heavy atom. The molecule has 0 spiro atoms. The van der Waals surface area contributed by atoms with E-state index in [1.54, 1.807) is 42.5 Å². The summed E-state index contributed by atoms with van der Waals surface area (Å²) in [4.78, 5) is 0.0407. The lowest BCUT2D eigenvalue weighted by Gasteiger charge is -2.23. The van der Waals surface area contributed by atoms with Crippen molar-refractivity contribution in [3.63, 3.8) is 0 Å². The molecule has 1 aliphatic heterocycles. The second kappa shape index (κ2) is 4.60. The average molecular weight is 309 g/mol. The van der Waals surface area contributed by atoms with Gasteiger partial charge in [0, 0.05) is 5.56 Å². The number of fused-ring (bicyclic) bond motifs is 1. The van der Waals surface area contributed by atoms with Gasteiger partial charge in [-0.2, -0.15) is 0 Å². The lowest BCUT2D eigenvalue weighted by Crippen LogP contribution is -2.32. The van der Waals surface area contributed by atoms with Crippen LogP contribution in [0, 0.1) is 0 Å². The Bertz CT molecular complexity index is 750. The van der Waals surface area contributed by atoms with E-state index in [1.807, 2.05) is 0 Å². The van der Waals surface area contributed by atoms with Crippen molar-refractivity contribution >= 4 is 34.0 Å². The Balaban J connectivity index is 2.20. The van der Waals surface area contributed by atoms with E-state index < -0.39 is 21.3 Å². The highest BCUT2D eigenvalue weighted by molar-refractivity contribution is 7.93. The second-order valence-electron chi connectivity index (χ2n) is 4.41. The standard InChI is InChI=1S/C13H10BClO4S/c15-13(20(17,18)10-6-2-1-3-7-10)11-8-4-5-9-12(11)14(16)19-13/h1-9,16H. The van der Waals surface area contributed by atoms with E-state index in [2.05, 4.69) is 0 Å². The molecule has 1 aliphatic rings. The molecule has 2 aromatic rings. The van der Waals surface area contributed by atoms with Crippen LogP contribution in [-0.4, -0.2) is 20.6 Å². The minimum absolute atomic E-state index is 0.0407. The maximum absolute atomic E-state index is 12.7. The van der Waals surface area contributed by atoms with Gasteiger partial charge >= 0.3 is 7.12 Å². The quantitative estimate of drug-likeness (QED) is 0.669. The predicted octanol–water partition coefficient (Wildman–Crippen LogP) is 1.23. The third-order valence-electron chi connectivity index (χ3n) is 3.21. The summed E-state index contributed by atoms with van der Waals surface area (Å²) < 4.78 is 28.5. The third kappa shape index (κ3) is 1.80. The number of alkyl halides is 1. The molecule has 4 nitrogen and oxygen atoms in total. The molecule has 102 valence electrons. The summed E-state index contributed by atoms with van der Waals surface area (Å²) in [5.41, 5.74) is 0.611. The molecule has 7 heteroatoms. The highest BCUT2D eigenvalue weighted by atomic mass is 35.5. The monoisotopic (exact) mass is 308 g/mol. The Labute approximate surface area is 122 Å². The average Bonchev–Trinajstić information content (AvgIpc) is 2.74. The summed E-state index contributed by atoms with van der Waals surface area (Å²) in [6, 6.07) is 14.3. The summed E-state index contributed by atoms with van der Waals surface area (Å²) >= 11 is 6.25. The van der Waals surface area contributed by atoms with Crippen molar-refractivity contribution in [2.45, 2.75) is 9.29 Å². The number of sulfone groups is 1. The van der Waals surface area contributed by atoms with Gasteiger partial charge in [-0.3, -0.25) is 0 Å². The molecule has 0 aliphatic carbocycles. The largest absolute Gasteiger partial charge is 0.493 e. The number of hydrogen-bond acceptors (Lipinski definition) is 4. The Morgan fingerprint density at radius 1 is 1.05 bits per heavy atom. The van der Waals surface area contributed by atoms with E-state index in [-0.39, 0.29) is 10.5 Å². The molecular formula is C13H10BClO4S. The van der Waals surface area contributed by atoms with Gasteiger partial charge in [0.05, 0.1) is 4.90 Å². The molecule has 1 atom stereocenters. The van der Waals surface area contributed by atoms with Crippen LogP contribution >= 0.6 is 11.6 Å². The number of halogens is 1. The highest BCUT2D eigenvalue weighted by Crippen LogP contribution is 2.43. The van der Waals surface area contributed by atoms with Crippen LogP contribution in [0.4, 0.5) is 0 Å². The molecule has 0 bridgehead atoms. The van der Waals surface area contributed by atoms with E-state index in [1.165, 1.54) is 12.1 Å². The fourth-order valence-corrected chi connectivity index (χ4v) is 4.25. The van der Waals surface area contributed by atoms with Crippen molar-refractivity contribution in [2.24, 2.45) is 0 Å². The van der Waals surface area contributed by atoms with Gasteiger partial charge in [-0.05, 0) is 17.6 Å². The van der Waals surface area contributed by atoms with Crippen LogP contribution in [0.2, 0.25) is 0 Å². The first-order valence-electron chi connectivity index (χ1n) is 5.91. The number of rotatable bonds is 2. The van der Waals surface area contributed by atoms with Crippen LogP contribution in [0.25, 0.3) is 0 Å². The van der Waals surface area contributed by atoms with Crippen molar-refractivity contribution in [2.75, 3.05) is 0 Å². The Kier molecular flexibility index (Phi) is 3.14. The summed E-state index contributed by atoms with van der Waals surface area (Å²) in [7, 11) is -5.36. The number of benzene rings is 2. The molecule has 0 radical (unpaired) electrons. The minimum atomic E-state index is -4.00. The third-order valence-corrected chi connectivity index (χ3v) is 6.01. The van der Waals surface area contributed by atoms with E-state index in [4.69, 9.17) is 16.3 Å². The van der Waals surface area contributed by atoms with Crippen LogP contribution in [0.1, 0.15) is 5.56 Å². The van der Waals surface area contributed by atoms with Crippen molar-refractivity contribution < 1.29 is 18.1 Å².